The van der Waals surface area contributed by atoms with Crippen molar-refractivity contribution in [2.45, 2.75) is 65.6 Å². The lowest BCUT2D eigenvalue weighted by atomic mass is 10.0. The Kier molecular flexibility index (Phi) is 14.2. The van der Waals surface area contributed by atoms with Crippen LogP contribution in [0.25, 0.3) is 0 Å². The number of carbonyl (C=O) groups is 6. The summed E-state index contributed by atoms with van der Waals surface area (Å²) in [5, 5.41) is 0. The van der Waals surface area contributed by atoms with Crippen LogP contribution in [0, 0.1) is 3.57 Å². The molecule has 0 aromatic heterocycles. The molecule has 4 unspecified atom stereocenters. The van der Waals surface area contributed by atoms with Crippen molar-refractivity contribution in [3.63, 3.8) is 0 Å². The van der Waals surface area contributed by atoms with E-state index in [1.54, 1.807) is 12.1 Å². The Morgan fingerprint density at radius 2 is 1.25 bits per heavy atom. The summed E-state index contributed by atoms with van der Waals surface area (Å²) in [7, 11) is 2.88. The highest BCUT2D eigenvalue weighted by Gasteiger charge is 2.47. The van der Waals surface area contributed by atoms with Crippen LogP contribution in [0.4, 0.5) is 0 Å². The maximum atomic E-state index is 13.3. The fourth-order valence-electron chi connectivity index (χ4n) is 3.31. The van der Waals surface area contributed by atoms with Crippen LogP contribution in [0.1, 0.15) is 40.2 Å². The number of methoxy groups -OCH3 is 2. The Hall–Kier alpha value is -3.63. The minimum absolute atomic E-state index is 0.367. The van der Waals surface area contributed by atoms with Gasteiger partial charge in [-0.2, -0.15) is 0 Å². The topological polar surface area (TPSA) is 176 Å². The van der Waals surface area contributed by atoms with Gasteiger partial charge in [0, 0.05) is 46.2 Å². The summed E-state index contributed by atoms with van der Waals surface area (Å²) in [6.45, 7) is 4.02. The third kappa shape index (κ3) is 11.2. The van der Waals surface area contributed by atoms with E-state index in [-0.39, 0.29) is 6.61 Å². The van der Waals surface area contributed by atoms with Crippen LogP contribution >= 0.6 is 22.6 Å². The molecule has 0 aliphatic rings. The Balaban J connectivity index is 3.53. The van der Waals surface area contributed by atoms with Crippen LogP contribution < -0.4 is 9.47 Å². The molecule has 1 rings (SSSR count). The van der Waals surface area contributed by atoms with Gasteiger partial charge < -0.3 is 37.9 Å². The maximum Gasteiger partial charge on any atom is 0.351 e. The van der Waals surface area contributed by atoms with Gasteiger partial charge >= 0.3 is 35.8 Å². The largest absolute Gasteiger partial charge is 0.497 e. The van der Waals surface area contributed by atoms with Crippen molar-refractivity contribution < 1.29 is 66.7 Å². The quantitative estimate of drug-likeness (QED) is 0.157. The average molecular weight is 682 g/mol. The highest BCUT2D eigenvalue weighted by atomic mass is 127. The average Bonchev–Trinajstić information content (AvgIpc) is 2.85. The fourth-order valence-corrected chi connectivity index (χ4v) is 3.99. The summed E-state index contributed by atoms with van der Waals surface area (Å²) in [5.74, 6) is -4.94. The van der Waals surface area contributed by atoms with E-state index in [1.807, 2.05) is 22.6 Å². The number of halogens is 1. The summed E-state index contributed by atoms with van der Waals surface area (Å²) in [5.41, 5.74) is 0.458. The van der Waals surface area contributed by atoms with E-state index in [9.17, 15) is 28.8 Å². The lowest BCUT2D eigenvalue weighted by Crippen LogP contribution is -2.55. The van der Waals surface area contributed by atoms with Crippen molar-refractivity contribution in [1.82, 2.24) is 0 Å². The van der Waals surface area contributed by atoms with Crippen LogP contribution in [-0.2, 0) is 63.8 Å². The van der Waals surface area contributed by atoms with Gasteiger partial charge in [-0.3, -0.25) is 24.0 Å². The van der Waals surface area contributed by atoms with Crippen LogP contribution in [0.15, 0.2) is 12.1 Å². The van der Waals surface area contributed by atoms with E-state index in [1.165, 1.54) is 14.2 Å². The van der Waals surface area contributed by atoms with Crippen LogP contribution in [0.2, 0.25) is 0 Å². The number of esters is 6. The first-order valence-corrected chi connectivity index (χ1v) is 12.7. The van der Waals surface area contributed by atoms with Gasteiger partial charge in [0.05, 0.1) is 17.8 Å². The molecule has 0 fully saturated rings. The predicted octanol–water partition coefficient (Wildman–Crippen LogP) is 1.64. The molecular formula is C25H31IO14. The number of carbonyl (C=O) groups excluding carboxylic acids is 6. The van der Waals surface area contributed by atoms with Crippen molar-refractivity contribution in [3.8, 4) is 11.5 Å². The zero-order valence-corrected chi connectivity index (χ0v) is 25.1. The second-order valence-electron chi connectivity index (χ2n) is 8.04. The molecule has 40 heavy (non-hydrogen) atoms. The molecule has 0 aliphatic carbocycles. The molecule has 0 N–H and O–H groups in total. The highest BCUT2D eigenvalue weighted by Crippen LogP contribution is 2.31. The maximum absolute atomic E-state index is 13.3. The van der Waals surface area contributed by atoms with Crippen molar-refractivity contribution in [2.24, 2.45) is 0 Å². The first-order chi connectivity index (χ1) is 18.7. The lowest BCUT2D eigenvalue weighted by Gasteiger charge is -2.34. The molecule has 0 saturated heterocycles. The molecule has 1 aromatic rings. The number of benzene rings is 1. The molecular weight excluding hydrogens is 651 g/mol. The summed E-state index contributed by atoms with van der Waals surface area (Å²) in [6.07, 6.45) is -7.26. The van der Waals surface area contributed by atoms with Gasteiger partial charge in [0.1, 0.15) is 24.7 Å². The van der Waals surface area contributed by atoms with Crippen LogP contribution in [0.3, 0.4) is 0 Å². The van der Waals surface area contributed by atoms with E-state index in [2.05, 4.69) is 0 Å². The van der Waals surface area contributed by atoms with Crippen molar-refractivity contribution in [3.05, 3.63) is 21.3 Å². The fraction of sp³-hybridized carbons (Fsp3) is 0.520. The minimum Gasteiger partial charge on any atom is -0.497 e. The predicted molar refractivity (Wildman–Crippen MR) is 141 cm³/mol. The number of rotatable bonds is 14. The summed E-state index contributed by atoms with van der Waals surface area (Å²) < 4.78 is 42.2. The van der Waals surface area contributed by atoms with Gasteiger partial charge in [-0.15, -0.1) is 0 Å². The van der Waals surface area contributed by atoms with Crippen molar-refractivity contribution in [1.29, 1.82) is 0 Å². The van der Waals surface area contributed by atoms with Crippen molar-refractivity contribution >= 4 is 58.4 Å². The summed E-state index contributed by atoms with van der Waals surface area (Å²) in [6, 6.07) is 3.20. The zero-order chi connectivity index (χ0) is 30.6. The van der Waals surface area contributed by atoms with Gasteiger partial charge in [0.25, 0.3) is 0 Å². The highest BCUT2D eigenvalue weighted by molar-refractivity contribution is 14.1. The smallest absolute Gasteiger partial charge is 0.351 e. The third-order valence-corrected chi connectivity index (χ3v) is 6.02. The molecule has 15 heteroatoms. The summed E-state index contributed by atoms with van der Waals surface area (Å²) >= 11 is 1.97. The van der Waals surface area contributed by atoms with Crippen molar-refractivity contribution in [2.75, 3.05) is 20.8 Å². The van der Waals surface area contributed by atoms with E-state index >= 15 is 0 Å². The second-order valence-corrected chi connectivity index (χ2v) is 9.12. The molecule has 4 atom stereocenters. The molecule has 0 radical (unpaired) electrons. The van der Waals surface area contributed by atoms with E-state index in [0.29, 0.717) is 20.6 Å². The first kappa shape index (κ1) is 34.4. The van der Waals surface area contributed by atoms with Gasteiger partial charge in [-0.25, -0.2) is 4.79 Å². The number of hydrogen-bond donors (Lipinski definition) is 0. The summed E-state index contributed by atoms with van der Waals surface area (Å²) in [4.78, 5) is 72.6. The van der Waals surface area contributed by atoms with E-state index in [4.69, 9.17) is 37.9 Å². The Labute approximate surface area is 244 Å². The number of hydrogen-bond acceptors (Lipinski definition) is 14. The van der Waals surface area contributed by atoms with Crippen LogP contribution in [0.5, 0.6) is 11.5 Å². The first-order valence-electron chi connectivity index (χ1n) is 11.6. The Morgan fingerprint density at radius 1 is 0.700 bits per heavy atom. The molecule has 0 aliphatic heterocycles. The van der Waals surface area contributed by atoms with E-state index < -0.39 is 66.8 Å². The lowest BCUT2D eigenvalue weighted by molar-refractivity contribution is -0.208. The molecule has 0 bridgehead atoms. The van der Waals surface area contributed by atoms with Gasteiger partial charge in [0.2, 0.25) is 6.10 Å². The SMILES string of the molecule is COc1cc(COC(=O)C(OC(C)=O)C(OC(C)=O)C(OC(C)=O)C(COC(C)=O)OC(C)=O)c(I)c(OC)c1. The standard InChI is InChI=1S/C25H31IO14/c1-12(27)35-11-20(37-13(2)28)22(38-14(3)29)23(39-15(4)30)24(40-16(5)31)25(32)36-10-17-8-18(33-6)9-19(34-7)21(17)26/h8-9,20,22-24H,10-11H2,1-7H3. The zero-order valence-electron chi connectivity index (χ0n) is 23.0. The number of ether oxygens (including phenoxy) is 8. The molecule has 0 saturated carbocycles. The minimum atomic E-state index is -2.01. The van der Waals surface area contributed by atoms with E-state index in [0.717, 1.165) is 34.6 Å². The molecule has 222 valence electrons. The Morgan fingerprint density at radius 3 is 1.73 bits per heavy atom. The molecule has 0 heterocycles. The van der Waals surface area contributed by atoms with Gasteiger partial charge in [-0.05, 0) is 28.7 Å². The van der Waals surface area contributed by atoms with Gasteiger partial charge in [-0.1, -0.05) is 0 Å². The molecule has 0 spiro atoms. The second kappa shape index (κ2) is 16.5. The van der Waals surface area contributed by atoms with Crippen LogP contribution in [-0.4, -0.2) is 81.1 Å². The Bertz CT molecular complexity index is 1100. The molecule has 0 amide bonds. The van der Waals surface area contributed by atoms with Gasteiger partial charge in [0.15, 0.2) is 18.3 Å². The third-order valence-electron chi connectivity index (χ3n) is 4.80. The molecule has 14 nitrogen and oxygen atoms in total. The monoisotopic (exact) mass is 682 g/mol. The normalized spacial score (nSPS) is 13.4. The molecule has 1 aromatic carbocycles.